The minimum atomic E-state index is 0.880. The highest BCUT2D eigenvalue weighted by atomic mass is 16.5. The van der Waals surface area contributed by atoms with E-state index in [4.69, 9.17) is 9.15 Å². The number of hydrogen-bond acceptors (Lipinski definition) is 1. The van der Waals surface area contributed by atoms with Crippen LogP contribution in [0.4, 0.5) is 0 Å². The second-order valence-corrected chi connectivity index (χ2v) is 2.91. The van der Waals surface area contributed by atoms with Gasteiger partial charge < -0.3 is 4.74 Å². The third-order valence-electron chi connectivity index (χ3n) is 2.02. The lowest BCUT2D eigenvalue weighted by atomic mass is 10.1. The highest BCUT2D eigenvalue weighted by Gasteiger charge is 2.06. The maximum absolute atomic E-state index is 5.36. The van der Waals surface area contributed by atoms with Gasteiger partial charge in [-0.3, -0.25) is 0 Å². The fraction of sp³-hybridized carbons (Fsp3) is 0.0833. The fourth-order valence-electron chi connectivity index (χ4n) is 1.36. The Labute approximate surface area is 82.4 Å². The smallest absolute Gasteiger partial charge is 0.360 e. The Hall–Kier alpha value is -1.83. The van der Waals surface area contributed by atoms with E-state index in [9.17, 15) is 0 Å². The van der Waals surface area contributed by atoms with Crippen molar-refractivity contribution in [3.63, 3.8) is 0 Å². The van der Waals surface area contributed by atoms with Gasteiger partial charge in [0.15, 0.2) is 0 Å². The fourth-order valence-corrected chi connectivity index (χ4v) is 1.36. The van der Waals surface area contributed by atoms with Gasteiger partial charge in [0.05, 0.1) is 18.8 Å². The molecule has 0 spiro atoms. The molecule has 0 N–H and O–H groups in total. The van der Waals surface area contributed by atoms with Gasteiger partial charge in [0, 0.05) is 17.7 Å². The van der Waals surface area contributed by atoms with Crippen molar-refractivity contribution in [2.75, 3.05) is 7.11 Å². The van der Waals surface area contributed by atoms with Gasteiger partial charge >= 0.3 is 11.8 Å². The molecule has 2 rings (SSSR count). The summed E-state index contributed by atoms with van der Waals surface area (Å²) < 4.78 is 10.2. The summed E-state index contributed by atoms with van der Waals surface area (Å²) in [4.78, 5) is 0. The van der Waals surface area contributed by atoms with E-state index >= 15 is 0 Å². The van der Waals surface area contributed by atoms with Crippen molar-refractivity contribution in [2.24, 2.45) is 0 Å². The Morgan fingerprint density at radius 2 is 2.07 bits per heavy atom. The summed E-state index contributed by atoms with van der Waals surface area (Å²) in [5.41, 5.74) is 1.97. The van der Waals surface area contributed by atoms with E-state index in [1.807, 2.05) is 36.4 Å². The van der Waals surface area contributed by atoms with Crippen LogP contribution < -0.4 is 0 Å². The average molecular weight is 187 g/mol. The van der Waals surface area contributed by atoms with Crippen molar-refractivity contribution < 1.29 is 9.15 Å². The highest BCUT2D eigenvalue weighted by Crippen LogP contribution is 2.19. The first kappa shape index (κ1) is 8.75. The number of benzene rings is 1. The predicted molar refractivity (Wildman–Crippen MR) is 56.7 cm³/mol. The topological polar surface area (TPSA) is 20.5 Å². The molecule has 0 bridgehead atoms. The molecule has 0 radical (unpaired) electrons. The summed E-state index contributed by atoms with van der Waals surface area (Å²) in [5.74, 6) is 0. The molecule has 0 aliphatic carbocycles. The molecule has 0 fully saturated rings. The second kappa shape index (κ2) is 3.92. The molecule has 0 aliphatic heterocycles. The third-order valence-corrected chi connectivity index (χ3v) is 2.02. The van der Waals surface area contributed by atoms with Gasteiger partial charge in [-0.05, 0) is 12.1 Å². The van der Waals surface area contributed by atoms with Gasteiger partial charge in [-0.2, -0.15) is 0 Å². The molecule has 2 heteroatoms. The van der Waals surface area contributed by atoms with E-state index in [0.29, 0.717) is 0 Å². The molecule has 70 valence electrons. The quantitative estimate of drug-likeness (QED) is 0.531. The summed E-state index contributed by atoms with van der Waals surface area (Å²) in [6.45, 7) is 0. The Morgan fingerprint density at radius 3 is 2.93 bits per heavy atom. The Kier molecular flexibility index (Phi) is 2.45. The van der Waals surface area contributed by atoms with E-state index < -0.39 is 0 Å². The van der Waals surface area contributed by atoms with Crippen LogP contribution in [0.2, 0.25) is 0 Å². The average Bonchev–Trinajstić information content (AvgIpc) is 2.26. The molecule has 0 unspecified atom stereocenters. The van der Waals surface area contributed by atoms with E-state index in [1.165, 1.54) is 0 Å². The molecule has 0 atom stereocenters. The molecule has 2 nitrogen and oxygen atoms in total. The SMILES string of the molecule is COC=Cc1cc[o+]c2ccccc12. The van der Waals surface area contributed by atoms with E-state index in [-0.39, 0.29) is 0 Å². The van der Waals surface area contributed by atoms with Crippen LogP contribution in [0.5, 0.6) is 0 Å². The van der Waals surface area contributed by atoms with Crippen LogP contribution in [0, 0.1) is 0 Å². The monoisotopic (exact) mass is 187 g/mol. The summed E-state index contributed by atoms with van der Waals surface area (Å²) >= 11 is 0. The van der Waals surface area contributed by atoms with Crippen LogP contribution in [0.3, 0.4) is 0 Å². The zero-order valence-electron chi connectivity index (χ0n) is 7.94. The summed E-state index contributed by atoms with van der Waals surface area (Å²) in [6.07, 6.45) is 5.25. The first-order valence-electron chi connectivity index (χ1n) is 4.41. The van der Waals surface area contributed by atoms with Crippen LogP contribution in [0.1, 0.15) is 5.56 Å². The van der Waals surface area contributed by atoms with Crippen molar-refractivity contribution in [1.29, 1.82) is 0 Å². The molecule has 1 aromatic carbocycles. The second-order valence-electron chi connectivity index (χ2n) is 2.91. The molecule has 0 saturated heterocycles. The first-order chi connectivity index (χ1) is 6.92. The standard InChI is InChI=1S/C12H11O2/c1-13-8-6-10-7-9-14-12-5-3-2-4-11(10)12/h2-9H,1H3/q+1. The Morgan fingerprint density at radius 1 is 1.21 bits per heavy atom. The number of hydrogen-bond donors (Lipinski definition) is 0. The molecule has 1 heterocycles. The zero-order valence-corrected chi connectivity index (χ0v) is 7.94. The lowest BCUT2D eigenvalue weighted by molar-refractivity contribution is 0.341. The van der Waals surface area contributed by atoms with Gasteiger partial charge in [0.1, 0.15) is 0 Å². The number of para-hydroxylation sites is 1. The van der Waals surface area contributed by atoms with Crippen molar-refractivity contribution in [2.45, 2.75) is 0 Å². The van der Waals surface area contributed by atoms with Gasteiger partial charge in [0.25, 0.3) is 0 Å². The van der Waals surface area contributed by atoms with E-state index in [2.05, 4.69) is 0 Å². The third kappa shape index (κ3) is 1.59. The van der Waals surface area contributed by atoms with Crippen LogP contribution >= 0.6 is 0 Å². The first-order valence-corrected chi connectivity index (χ1v) is 4.41. The number of ether oxygens (including phenoxy) is 1. The lowest BCUT2D eigenvalue weighted by Gasteiger charge is -1.93. The lowest BCUT2D eigenvalue weighted by Crippen LogP contribution is -1.77. The van der Waals surface area contributed by atoms with Gasteiger partial charge in [-0.25, -0.2) is 4.42 Å². The molecular weight excluding hydrogens is 176 g/mol. The van der Waals surface area contributed by atoms with Gasteiger partial charge in [-0.1, -0.05) is 12.1 Å². The number of rotatable bonds is 2. The Bertz CT molecular complexity index is 455. The van der Waals surface area contributed by atoms with Gasteiger partial charge in [-0.15, -0.1) is 0 Å². The number of fused-ring (bicyclic) bond motifs is 1. The molecule has 14 heavy (non-hydrogen) atoms. The molecule has 1 aromatic heterocycles. The predicted octanol–water partition coefficient (Wildman–Crippen LogP) is 3.33. The number of methoxy groups -OCH3 is 1. The molecule has 2 aromatic rings. The maximum Gasteiger partial charge on any atom is 0.360 e. The van der Waals surface area contributed by atoms with E-state index in [1.54, 1.807) is 19.6 Å². The van der Waals surface area contributed by atoms with Crippen LogP contribution in [0.15, 0.2) is 47.3 Å². The minimum absolute atomic E-state index is 0.880. The normalized spacial score (nSPS) is 10.9. The van der Waals surface area contributed by atoms with E-state index in [0.717, 1.165) is 16.5 Å². The summed E-state index contributed by atoms with van der Waals surface area (Å²) in [6, 6.07) is 9.82. The maximum atomic E-state index is 5.36. The summed E-state index contributed by atoms with van der Waals surface area (Å²) in [7, 11) is 1.63. The van der Waals surface area contributed by atoms with Crippen molar-refractivity contribution in [3.8, 4) is 0 Å². The molecule has 0 saturated carbocycles. The molecular formula is C12H11O2+. The van der Waals surface area contributed by atoms with Crippen molar-refractivity contribution in [3.05, 3.63) is 48.4 Å². The van der Waals surface area contributed by atoms with Crippen molar-refractivity contribution in [1.82, 2.24) is 0 Å². The van der Waals surface area contributed by atoms with Crippen LogP contribution in [-0.2, 0) is 4.74 Å². The Balaban J connectivity index is 2.59. The molecule has 0 amide bonds. The zero-order chi connectivity index (χ0) is 9.80. The van der Waals surface area contributed by atoms with Crippen LogP contribution in [-0.4, -0.2) is 7.11 Å². The minimum Gasteiger partial charge on any atom is -0.504 e. The van der Waals surface area contributed by atoms with Crippen LogP contribution in [0.25, 0.3) is 17.0 Å². The largest absolute Gasteiger partial charge is 0.504 e. The van der Waals surface area contributed by atoms with Gasteiger partial charge in [0.2, 0.25) is 0 Å². The molecule has 0 aliphatic rings. The highest BCUT2D eigenvalue weighted by molar-refractivity contribution is 5.85. The summed E-state index contributed by atoms with van der Waals surface area (Å²) in [5, 5.41) is 1.09. The van der Waals surface area contributed by atoms with Crippen molar-refractivity contribution >= 4 is 17.0 Å².